The van der Waals surface area contributed by atoms with Crippen LogP contribution in [-0.2, 0) is 19.6 Å². The third-order valence-corrected chi connectivity index (χ3v) is 4.16. The summed E-state index contributed by atoms with van der Waals surface area (Å²) >= 11 is 0. The van der Waals surface area contributed by atoms with E-state index in [0.717, 1.165) is 37.1 Å². The number of nitrogens with zero attached hydrogens (tertiary/aromatic N) is 6. The van der Waals surface area contributed by atoms with Crippen LogP contribution in [0.25, 0.3) is 0 Å². The standard InChI is InChI=1S/3C7H12N2.3HI/c3*1-3-5-9-6-4-8-7(9)2;;;/h3*4,6H,3,5H2,1-2H3;3*1H. The van der Waals surface area contributed by atoms with Gasteiger partial charge in [-0.2, -0.15) is 0 Å². The number of halogens is 3. The molecule has 3 heterocycles. The molecule has 0 atom stereocenters. The molecule has 0 fully saturated rings. The van der Waals surface area contributed by atoms with E-state index in [4.69, 9.17) is 0 Å². The fourth-order valence-electron chi connectivity index (χ4n) is 2.64. The van der Waals surface area contributed by atoms with Crippen LogP contribution in [0.3, 0.4) is 0 Å². The highest BCUT2D eigenvalue weighted by atomic mass is 127. The second-order valence-corrected chi connectivity index (χ2v) is 6.50. The van der Waals surface area contributed by atoms with Crippen molar-refractivity contribution in [1.29, 1.82) is 0 Å². The van der Waals surface area contributed by atoms with Crippen molar-refractivity contribution in [3.8, 4) is 0 Å². The lowest BCUT2D eigenvalue weighted by Gasteiger charge is -1.99. The van der Waals surface area contributed by atoms with Gasteiger partial charge in [0.15, 0.2) is 0 Å². The third-order valence-electron chi connectivity index (χ3n) is 4.16. The van der Waals surface area contributed by atoms with Crippen LogP contribution in [-0.4, -0.2) is 28.7 Å². The molecule has 0 aliphatic carbocycles. The largest absolute Gasteiger partial charge is 0.335 e. The molecule has 0 bridgehead atoms. The zero-order valence-electron chi connectivity index (χ0n) is 19.1. The van der Waals surface area contributed by atoms with Crippen LogP contribution in [0.15, 0.2) is 37.2 Å². The van der Waals surface area contributed by atoms with Gasteiger partial charge in [-0.25, -0.2) is 15.0 Å². The number of imidazole rings is 3. The zero-order valence-corrected chi connectivity index (χ0v) is 26.1. The predicted octanol–water partition coefficient (Wildman–Crippen LogP) is 6.66. The number of hydrogen-bond donors (Lipinski definition) is 0. The van der Waals surface area contributed by atoms with Crippen molar-refractivity contribution in [3.05, 3.63) is 54.7 Å². The lowest BCUT2D eigenvalue weighted by Crippen LogP contribution is -1.96. The summed E-state index contributed by atoms with van der Waals surface area (Å²) in [6.07, 6.45) is 15.1. The van der Waals surface area contributed by atoms with Crippen LogP contribution in [0.5, 0.6) is 0 Å². The van der Waals surface area contributed by atoms with Gasteiger partial charge >= 0.3 is 0 Å². The minimum Gasteiger partial charge on any atom is -0.335 e. The summed E-state index contributed by atoms with van der Waals surface area (Å²) < 4.78 is 6.46. The second-order valence-electron chi connectivity index (χ2n) is 6.50. The number of aromatic nitrogens is 6. The molecule has 0 aliphatic heterocycles. The minimum absolute atomic E-state index is 0. The van der Waals surface area contributed by atoms with Gasteiger partial charge in [-0.3, -0.25) is 0 Å². The average molecular weight is 756 g/mol. The van der Waals surface area contributed by atoms with Crippen molar-refractivity contribution < 1.29 is 0 Å². The molecule has 174 valence electrons. The van der Waals surface area contributed by atoms with Crippen molar-refractivity contribution in [2.24, 2.45) is 0 Å². The second kappa shape index (κ2) is 20.7. The maximum absolute atomic E-state index is 4.10. The van der Waals surface area contributed by atoms with Crippen molar-refractivity contribution in [2.45, 2.75) is 80.4 Å². The molecular weight excluding hydrogens is 717 g/mol. The Morgan fingerprint density at radius 1 is 0.533 bits per heavy atom. The topological polar surface area (TPSA) is 53.5 Å². The predicted molar refractivity (Wildman–Crippen MR) is 158 cm³/mol. The van der Waals surface area contributed by atoms with E-state index in [0.29, 0.717) is 0 Å². The van der Waals surface area contributed by atoms with Crippen molar-refractivity contribution in [3.63, 3.8) is 0 Å². The van der Waals surface area contributed by atoms with Gasteiger partial charge in [0.2, 0.25) is 0 Å². The molecular formula is C21H39I3N6. The molecule has 0 saturated carbocycles. The molecule has 3 aromatic rings. The lowest BCUT2D eigenvalue weighted by atomic mass is 10.5. The summed E-state index contributed by atoms with van der Waals surface area (Å²) in [6.45, 7) is 15.8. The van der Waals surface area contributed by atoms with E-state index in [9.17, 15) is 0 Å². The Morgan fingerprint density at radius 2 is 0.767 bits per heavy atom. The van der Waals surface area contributed by atoms with Gasteiger partial charge in [0.25, 0.3) is 0 Å². The van der Waals surface area contributed by atoms with E-state index >= 15 is 0 Å². The molecule has 9 heteroatoms. The quantitative estimate of drug-likeness (QED) is 0.265. The first kappa shape index (κ1) is 34.4. The minimum atomic E-state index is 0. The molecule has 0 N–H and O–H groups in total. The van der Waals surface area contributed by atoms with E-state index in [1.54, 1.807) is 0 Å². The molecule has 3 aromatic heterocycles. The van der Waals surface area contributed by atoms with Gasteiger partial charge in [-0.1, -0.05) is 20.8 Å². The normalized spacial score (nSPS) is 9.00. The number of aryl methyl sites for hydroxylation is 6. The van der Waals surface area contributed by atoms with E-state index < -0.39 is 0 Å². The Balaban J connectivity index is -0.000000347. The smallest absolute Gasteiger partial charge is 0.105 e. The molecule has 3 rings (SSSR count). The van der Waals surface area contributed by atoms with Crippen molar-refractivity contribution in [2.75, 3.05) is 0 Å². The summed E-state index contributed by atoms with van der Waals surface area (Å²) in [7, 11) is 0. The molecule has 0 aliphatic rings. The fourth-order valence-corrected chi connectivity index (χ4v) is 2.64. The maximum Gasteiger partial charge on any atom is 0.105 e. The van der Waals surface area contributed by atoms with Gasteiger partial charge in [0, 0.05) is 56.8 Å². The Bertz CT molecular complexity index is 651. The molecule has 0 radical (unpaired) electrons. The molecule has 0 aromatic carbocycles. The summed E-state index contributed by atoms with van der Waals surface area (Å²) in [6, 6.07) is 0. The zero-order chi connectivity index (χ0) is 20.1. The molecule has 6 nitrogen and oxygen atoms in total. The Hall–Kier alpha value is -0.180. The highest BCUT2D eigenvalue weighted by molar-refractivity contribution is 14.0. The van der Waals surface area contributed by atoms with E-state index in [2.05, 4.69) is 49.4 Å². The molecule has 0 spiro atoms. The monoisotopic (exact) mass is 756 g/mol. The Morgan fingerprint density at radius 3 is 0.900 bits per heavy atom. The highest BCUT2D eigenvalue weighted by Crippen LogP contribution is 1.97. The summed E-state index contributed by atoms with van der Waals surface area (Å²) in [5.41, 5.74) is 0. The third kappa shape index (κ3) is 13.3. The molecule has 0 unspecified atom stereocenters. The van der Waals surface area contributed by atoms with Crippen LogP contribution in [0.1, 0.15) is 57.5 Å². The Labute approximate surface area is 233 Å². The summed E-state index contributed by atoms with van der Waals surface area (Å²) in [4.78, 5) is 12.3. The lowest BCUT2D eigenvalue weighted by molar-refractivity contribution is 0.658. The fraction of sp³-hybridized carbons (Fsp3) is 0.571. The van der Waals surface area contributed by atoms with Crippen LogP contribution < -0.4 is 0 Å². The average Bonchev–Trinajstić information content (AvgIpc) is 3.35. The van der Waals surface area contributed by atoms with E-state index in [1.807, 2.05) is 58.0 Å². The Kier molecular flexibility index (Phi) is 23.8. The van der Waals surface area contributed by atoms with Gasteiger partial charge in [-0.05, 0) is 40.0 Å². The first-order valence-electron chi connectivity index (χ1n) is 9.96. The summed E-state index contributed by atoms with van der Waals surface area (Å²) in [5, 5.41) is 0. The number of hydrogen-bond acceptors (Lipinski definition) is 3. The first-order chi connectivity index (χ1) is 13.0. The van der Waals surface area contributed by atoms with Crippen LogP contribution in [0, 0.1) is 20.8 Å². The molecule has 30 heavy (non-hydrogen) atoms. The van der Waals surface area contributed by atoms with Gasteiger partial charge in [0.1, 0.15) is 17.5 Å². The highest BCUT2D eigenvalue weighted by Gasteiger charge is 1.93. The molecule has 0 saturated heterocycles. The van der Waals surface area contributed by atoms with Crippen LogP contribution in [0.4, 0.5) is 0 Å². The van der Waals surface area contributed by atoms with Gasteiger partial charge < -0.3 is 13.7 Å². The SMILES string of the molecule is CCCn1ccnc1C.CCCn1ccnc1C.CCCn1ccnc1C.I.I.I. The summed E-state index contributed by atoms with van der Waals surface area (Å²) in [5.74, 6) is 3.32. The van der Waals surface area contributed by atoms with E-state index in [-0.39, 0.29) is 71.9 Å². The van der Waals surface area contributed by atoms with Crippen molar-refractivity contribution in [1.82, 2.24) is 28.7 Å². The van der Waals surface area contributed by atoms with Gasteiger partial charge in [0.05, 0.1) is 0 Å². The van der Waals surface area contributed by atoms with Crippen LogP contribution in [0.2, 0.25) is 0 Å². The van der Waals surface area contributed by atoms with Crippen LogP contribution >= 0.6 is 71.9 Å². The maximum atomic E-state index is 4.10. The number of rotatable bonds is 6. The molecule has 0 amide bonds. The van der Waals surface area contributed by atoms with Crippen molar-refractivity contribution >= 4 is 71.9 Å². The van der Waals surface area contributed by atoms with Gasteiger partial charge in [-0.15, -0.1) is 71.9 Å². The first-order valence-corrected chi connectivity index (χ1v) is 9.96. The van der Waals surface area contributed by atoms with E-state index in [1.165, 1.54) is 19.3 Å².